The van der Waals surface area contributed by atoms with Gasteiger partial charge in [0.25, 0.3) is 5.91 Å². The molecule has 9 nitrogen and oxygen atoms in total. The summed E-state index contributed by atoms with van der Waals surface area (Å²) in [6.45, 7) is 0.305. The fraction of sp³-hybridized carbons (Fsp3) is 0.0714. The molecular weight excluding hydrogens is 519 g/mol. The summed E-state index contributed by atoms with van der Waals surface area (Å²) in [5, 5.41) is 16.1. The van der Waals surface area contributed by atoms with Gasteiger partial charge in [-0.1, -0.05) is 24.3 Å². The molecule has 0 aliphatic carbocycles. The van der Waals surface area contributed by atoms with Crippen LogP contribution in [-0.2, 0) is 16.3 Å². The van der Waals surface area contributed by atoms with Crippen molar-refractivity contribution in [3.63, 3.8) is 0 Å². The molecule has 0 aliphatic rings. The smallest absolute Gasteiger partial charge is 0.251 e. The van der Waals surface area contributed by atoms with Gasteiger partial charge in [-0.3, -0.25) is 9.93 Å². The molecular formula is C28H25FN6O3S. The molecule has 0 spiro atoms. The molecule has 0 radical (unpaired) electrons. The average Bonchev–Trinajstić information content (AvgIpc) is 3.34. The molecule has 0 saturated carbocycles. The molecule has 0 aliphatic heterocycles. The number of nitrogens with one attached hydrogen (secondary N) is 2. The van der Waals surface area contributed by atoms with E-state index in [0.717, 1.165) is 16.7 Å². The van der Waals surface area contributed by atoms with E-state index < -0.39 is 9.71 Å². The number of ether oxygens (including phenoxy) is 1. The summed E-state index contributed by atoms with van der Waals surface area (Å²) in [6, 6.07) is 21.8. The number of pyridine rings is 1. The van der Waals surface area contributed by atoms with E-state index in [4.69, 9.17) is 9.88 Å². The van der Waals surface area contributed by atoms with Crippen LogP contribution >= 0.6 is 0 Å². The number of benzene rings is 3. The molecule has 0 bridgehead atoms. The fourth-order valence-corrected chi connectivity index (χ4v) is 4.52. The third-order valence-corrected chi connectivity index (χ3v) is 7.05. The van der Waals surface area contributed by atoms with Gasteiger partial charge in [-0.25, -0.2) is 13.1 Å². The zero-order chi connectivity index (χ0) is 27.6. The van der Waals surface area contributed by atoms with E-state index in [2.05, 4.69) is 26.6 Å². The molecule has 2 aromatic heterocycles. The Hall–Kier alpha value is -4.74. The number of halogens is 1. The van der Waals surface area contributed by atoms with Crippen LogP contribution in [0.2, 0.25) is 0 Å². The molecule has 5 aromatic rings. The first-order chi connectivity index (χ1) is 18.7. The van der Waals surface area contributed by atoms with Crippen LogP contribution in [0.25, 0.3) is 16.8 Å². The minimum Gasteiger partial charge on any atom is -0.495 e. The lowest BCUT2D eigenvalue weighted by Crippen LogP contribution is -2.22. The van der Waals surface area contributed by atoms with Gasteiger partial charge in [-0.15, -0.1) is 5.10 Å². The largest absolute Gasteiger partial charge is 0.495 e. The summed E-state index contributed by atoms with van der Waals surface area (Å²) < 4.78 is 32.2. The average molecular weight is 545 g/mol. The van der Waals surface area contributed by atoms with E-state index in [-0.39, 0.29) is 11.7 Å². The van der Waals surface area contributed by atoms with E-state index in [1.165, 1.54) is 19.2 Å². The second kappa shape index (κ2) is 10.6. The van der Waals surface area contributed by atoms with Gasteiger partial charge in [-0.05, 0) is 71.6 Å². The van der Waals surface area contributed by atoms with Crippen LogP contribution < -0.4 is 20.5 Å². The molecule has 0 fully saturated rings. The highest BCUT2D eigenvalue weighted by Gasteiger charge is 2.12. The number of carbonyl (C=O) groups excluding carboxylic acids is 1. The molecule has 2 heterocycles. The number of hydrogen-bond donors (Lipinski definition) is 3. The Morgan fingerprint density at radius 2 is 1.77 bits per heavy atom. The van der Waals surface area contributed by atoms with E-state index >= 15 is 0 Å². The Balaban J connectivity index is 1.30. The van der Waals surface area contributed by atoms with Gasteiger partial charge in [0.2, 0.25) is 5.95 Å². The normalized spacial score (nSPS) is 12.6. The number of amides is 1. The first kappa shape index (κ1) is 25.9. The van der Waals surface area contributed by atoms with Crippen LogP contribution in [0.3, 0.4) is 0 Å². The topological polar surface area (TPSA) is 124 Å². The monoisotopic (exact) mass is 544 g/mol. The standard InChI is InChI=1S/C28H25FN6O3S/c1-38-25-15-23(39(2,30)37)12-13-24(25)32-28-33-26-14-9-21(17-35(26)34-28)19-5-7-20(8-6-19)27(36)31-16-18-3-10-22(29)11-4-18/h3-15,17H,2,16H2,1H3,(H2,30,37)(H,31,36)(H,32,34). The first-order valence-electron chi connectivity index (χ1n) is 11.8. The third kappa shape index (κ3) is 5.89. The maximum atomic E-state index is 13.1. The van der Waals surface area contributed by atoms with Crippen LogP contribution in [0.15, 0.2) is 90.0 Å². The summed E-state index contributed by atoms with van der Waals surface area (Å²) in [7, 11) is -1.38. The van der Waals surface area contributed by atoms with Gasteiger partial charge in [-0.2, -0.15) is 4.98 Å². The maximum Gasteiger partial charge on any atom is 0.251 e. The molecule has 4 N–H and O–H groups in total. The number of methoxy groups -OCH3 is 1. The van der Waals surface area contributed by atoms with Crippen molar-refractivity contribution >= 4 is 38.8 Å². The number of fused-ring (bicyclic) bond motifs is 1. The molecule has 39 heavy (non-hydrogen) atoms. The van der Waals surface area contributed by atoms with Crippen LogP contribution in [0, 0.1) is 5.82 Å². The minimum atomic E-state index is -2.88. The molecule has 3 aromatic carbocycles. The Labute approximate surface area is 224 Å². The van der Waals surface area contributed by atoms with Crippen molar-refractivity contribution in [2.45, 2.75) is 11.4 Å². The van der Waals surface area contributed by atoms with Crippen LogP contribution in [0.1, 0.15) is 15.9 Å². The Kier molecular flexibility index (Phi) is 7.01. The van der Waals surface area contributed by atoms with Crippen molar-refractivity contribution in [3.8, 4) is 16.9 Å². The van der Waals surface area contributed by atoms with Crippen molar-refractivity contribution in [1.82, 2.24) is 19.9 Å². The van der Waals surface area contributed by atoms with E-state index in [9.17, 15) is 13.4 Å². The number of carbonyl (C=O) groups is 1. The molecule has 1 atom stereocenters. The number of anilines is 2. The van der Waals surface area contributed by atoms with Gasteiger partial charge in [0.15, 0.2) is 5.65 Å². The third-order valence-electron chi connectivity index (χ3n) is 6.00. The van der Waals surface area contributed by atoms with E-state index in [0.29, 0.717) is 40.0 Å². The molecule has 11 heteroatoms. The molecule has 0 saturated heterocycles. The summed E-state index contributed by atoms with van der Waals surface area (Å²) in [5.41, 5.74) is 4.30. The zero-order valence-corrected chi connectivity index (χ0v) is 21.7. The molecule has 5 rings (SSSR count). The highest BCUT2D eigenvalue weighted by atomic mass is 32.2. The van der Waals surface area contributed by atoms with Crippen molar-refractivity contribution < 1.29 is 18.1 Å². The Morgan fingerprint density at radius 1 is 1.05 bits per heavy atom. The molecule has 198 valence electrons. The van der Waals surface area contributed by atoms with Gasteiger partial charge in [0, 0.05) is 28.8 Å². The second-order valence-corrected chi connectivity index (χ2v) is 10.7. The predicted molar refractivity (Wildman–Crippen MR) is 150 cm³/mol. The van der Waals surface area contributed by atoms with Crippen molar-refractivity contribution in [1.29, 1.82) is 0 Å². The van der Waals surface area contributed by atoms with Crippen LogP contribution in [0.5, 0.6) is 5.75 Å². The first-order valence-corrected chi connectivity index (χ1v) is 13.6. The van der Waals surface area contributed by atoms with Crippen LogP contribution in [-0.4, -0.2) is 37.7 Å². The lowest BCUT2D eigenvalue weighted by atomic mass is 10.1. The fourth-order valence-electron chi connectivity index (χ4n) is 3.92. The van der Waals surface area contributed by atoms with Crippen molar-refractivity contribution in [2.24, 2.45) is 5.14 Å². The Bertz CT molecular complexity index is 1770. The number of aromatic nitrogens is 3. The number of nitrogens with two attached hydrogens (primary N) is 1. The maximum absolute atomic E-state index is 13.1. The molecule has 1 amide bonds. The number of nitrogens with zero attached hydrogens (tertiary/aromatic N) is 3. The summed E-state index contributed by atoms with van der Waals surface area (Å²) in [5.74, 6) is 3.73. The van der Waals surface area contributed by atoms with Crippen LogP contribution in [0.4, 0.5) is 16.0 Å². The lowest BCUT2D eigenvalue weighted by molar-refractivity contribution is 0.0951. The lowest BCUT2D eigenvalue weighted by Gasteiger charge is -2.11. The SMILES string of the molecule is C=S(N)(=O)c1ccc(Nc2nc3ccc(-c4ccc(C(=O)NCc5ccc(F)cc5)cc4)cn3n2)c(OC)c1. The van der Waals surface area contributed by atoms with Crippen molar-refractivity contribution in [3.05, 3.63) is 102 Å². The van der Waals surface area contributed by atoms with Gasteiger partial charge < -0.3 is 15.4 Å². The highest BCUT2D eigenvalue weighted by molar-refractivity contribution is 7.98. The summed E-state index contributed by atoms with van der Waals surface area (Å²) in [6.07, 6.45) is 1.84. The second-order valence-electron chi connectivity index (χ2n) is 8.76. The van der Waals surface area contributed by atoms with Gasteiger partial charge in [0.1, 0.15) is 11.6 Å². The highest BCUT2D eigenvalue weighted by Crippen LogP contribution is 2.29. The minimum absolute atomic E-state index is 0.221. The van der Waals surface area contributed by atoms with Gasteiger partial charge in [0.05, 0.1) is 22.5 Å². The quantitative estimate of drug-likeness (QED) is 0.252. The van der Waals surface area contributed by atoms with Gasteiger partial charge >= 0.3 is 0 Å². The zero-order valence-electron chi connectivity index (χ0n) is 20.9. The predicted octanol–water partition coefficient (Wildman–Crippen LogP) is 4.17. The van der Waals surface area contributed by atoms with E-state index in [1.807, 2.05) is 30.5 Å². The summed E-state index contributed by atoms with van der Waals surface area (Å²) in [4.78, 5) is 17.4. The molecule has 1 unspecified atom stereocenters. The Morgan fingerprint density at radius 3 is 2.46 bits per heavy atom. The summed E-state index contributed by atoms with van der Waals surface area (Å²) >= 11 is 0. The van der Waals surface area contributed by atoms with E-state index in [1.54, 1.807) is 47.0 Å². The van der Waals surface area contributed by atoms with Crippen molar-refractivity contribution in [2.75, 3.05) is 12.4 Å². The number of hydrogen-bond acceptors (Lipinski definition) is 6. The number of rotatable bonds is 8.